The molecule has 0 aliphatic carbocycles. The maximum atomic E-state index is 4.15. The lowest BCUT2D eigenvalue weighted by Crippen LogP contribution is -1.72. The molecular weight excluding hydrogens is 124 g/mol. The smallest absolute Gasteiger partial charge is 0.137 e. The topological polar surface area (TPSA) is 28.7 Å². The first-order valence-electron chi connectivity index (χ1n) is 3.26. The number of nitrogens with one attached hydrogen (secondary N) is 1. The van der Waals surface area contributed by atoms with Crippen LogP contribution in [0.1, 0.15) is 6.99 Å². The third-order valence-electron chi connectivity index (χ3n) is 1.66. The molecule has 2 rings (SSSR count). The fourth-order valence-electron chi connectivity index (χ4n) is 1.09. The largest absolute Gasteiger partial charge is 0.346 e. The number of fused-ring (bicyclic) bond motifs is 1. The number of hydrogen-bond acceptors (Lipinski definition) is 1. The summed E-state index contributed by atoms with van der Waals surface area (Å²) in [5.74, 6) is 0. The van der Waals surface area contributed by atoms with Crippen molar-refractivity contribution in [3.63, 3.8) is 0 Å². The molecule has 2 heteroatoms. The van der Waals surface area contributed by atoms with Crippen LogP contribution in [0.4, 0.5) is 0 Å². The number of aromatic nitrogens is 2. The van der Waals surface area contributed by atoms with Crippen LogP contribution in [0.5, 0.6) is 0 Å². The molecule has 52 valence electrons. The Kier molecular flexibility index (Phi) is 1.01. The van der Waals surface area contributed by atoms with E-state index in [-0.39, 0.29) is 1.43 Å². The average molecular weight is 134 g/mol. The molecule has 0 aliphatic rings. The lowest BCUT2D eigenvalue weighted by molar-refractivity contribution is 1.32. The normalized spacial score (nSPS) is 10.5. The lowest BCUT2D eigenvalue weighted by atomic mass is 10.2. The second kappa shape index (κ2) is 1.84. The van der Waals surface area contributed by atoms with E-state index in [0.29, 0.717) is 0 Å². The summed E-state index contributed by atoms with van der Waals surface area (Å²) < 4.78 is 0. The maximum absolute atomic E-state index is 4.15. The quantitative estimate of drug-likeness (QED) is 0.587. The van der Waals surface area contributed by atoms with Crippen LogP contribution < -0.4 is 0 Å². The monoisotopic (exact) mass is 134 g/mol. The molecule has 0 aliphatic heterocycles. The zero-order valence-corrected chi connectivity index (χ0v) is 5.76. The zero-order chi connectivity index (χ0) is 6.97. The van der Waals surface area contributed by atoms with E-state index in [0.717, 1.165) is 5.65 Å². The van der Waals surface area contributed by atoms with Crippen molar-refractivity contribution in [2.45, 2.75) is 6.92 Å². The van der Waals surface area contributed by atoms with Gasteiger partial charge < -0.3 is 4.98 Å². The van der Waals surface area contributed by atoms with Crippen molar-refractivity contribution < 1.29 is 1.43 Å². The standard InChI is InChI=1S/C8H8N2.H2/c1-6-5-10-8-7(6)3-2-4-9-8;/h2-5H,1H3,(H,9,10);1H. The van der Waals surface area contributed by atoms with Crippen LogP contribution in [-0.2, 0) is 0 Å². The van der Waals surface area contributed by atoms with Gasteiger partial charge in [0.25, 0.3) is 0 Å². The van der Waals surface area contributed by atoms with Crippen molar-refractivity contribution >= 4 is 11.0 Å². The molecule has 2 nitrogen and oxygen atoms in total. The predicted molar refractivity (Wildman–Crippen MR) is 42.9 cm³/mol. The summed E-state index contributed by atoms with van der Waals surface area (Å²) in [4.78, 5) is 7.22. The van der Waals surface area contributed by atoms with Gasteiger partial charge in [-0.3, -0.25) is 0 Å². The van der Waals surface area contributed by atoms with Gasteiger partial charge in [0.1, 0.15) is 5.65 Å². The van der Waals surface area contributed by atoms with Crippen molar-refractivity contribution in [3.05, 3.63) is 30.1 Å². The number of rotatable bonds is 0. The van der Waals surface area contributed by atoms with Crippen LogP contribution in [0.2, 0.25) is 0 Å². The van der Waals surface area contributed by atoms with Gasteiger partial charge in [-0.05, 0) is 24.6 Å². The Morgan fingerprint density at radius 2 is 2.50 bits per heavy atom. The third kappa shape index (κ3) is 0.620. The van der Waals surface area contributed by atoms with Crippen molar-refractivity contribution in [2.75, 3.05) is 0 Å². The SMILES string of the molecule is Cc1c[nH]c2ncccc12.[HH]. The highest BCUT2D eigenvalue weighted by Crippen LogP contribution is 2.12. The van der Waals surface area contributed by atoms with Crippen LogP contribution in [0.15, 0.2) is 24.5 Å². The van der Waals surface area contributed by atoms with E-state index >= 15 is 0 Å². The molecule has 2 heterocycles. The summed E-state index contributed by atoms with van der Waals surface area (Å²) in [7, 11) is 0. The van der Waals surface area contributed by atoms with Crippen molar-refractivity contribution in [3.8, 4) is 0 Å². The Bertz CT molecular complexity index is 354. The Balaban J connectivity index is 0.000000605. The molecule has 0 atom stereocenters. The van der Waals surface area contributed by atoms with E-state index in [2.05, 4.69) is 23.0 Å². The molecule has 0 aromatic carbocycles. The van der Waals surface area contributed by atoms with Gasteiger partial charge in [0.15, 0.2) is 0 Å². The second-order valence-corrected chi connectivity index (χ2v) is 2.37. The first-order chi connectivity index (χ1) is 4.88. The lowest BCUT2D eigenvalue weighted by Gasteiger charge is -1.86. The summed E-state index contributed by atoms with van der Waals surface area (Å²) in [6.07, 6.45) is 3.76. The molecule has 2 aromatic rings. The van der Waals surface area contributed by atoms with Crippen molar-refractivity contribution in [2.24, 2.45) is 0 Å². The molecular formula is C8H10N2. The van der Waals surface area contributed by atoms with E-state index in [1.54, 1.807) is 6.20 Å². The van der Waals surface area contributed by atoms with Gasteiger partial charge in [-0.25, -0.2) is 4.98 Å². The minimum atomic E-state index is 0. The number of aromatic amines is 1. The van der Waals surface area contributed by atoms with E-state index in [9.17, 15) is 0 Å². The molecule has 0 fully saturated rings. The summed E-state index contributed by atoms with van der Waals surface area (Å²) in [6, 6.07) is 4.01. The second-order valence-electron chi connectivity index (χ2n) is 2.37. The zero-order valence-electron chi connectivity index (χ0n) is 5.76. The van der Waals surface area contributed by atoms with Crippen LogP contribution in [0.3, 0.4) is 0 Å². The molecule has 10 heavy (non-hydrogen) atoms. The summed E-state index contributed by atoms with van der Waals surface area (Å²) in [6.45, 7) is 2.07. The number of aryl methyl sites for hydroxylation is 1. The molecule has 1 N–H and O–H groups in total. The van der Waals surface area contributed by atoms with Gasteiger partial charge in [-0.15, -0.1) is 0 Å². The number of hydrogen-bond donors (Lipinski definition) is 1. The van der Waals surface area contributed by atoms with Crippen LogP contribution >= 0.6 is 0 Å². The first kappa shape index (κ1) is 5.47. The fraction of sp³-hybridized carbons (Fsp3) is 0.125. The van der Waals surface area contributed by atoms with E-state index in [1.807, 2.05) is 12.3 Å². The highest BCUT2D eigenvalue weighted by molar-refractivity contribution is 5.78. The molecule has 0 amide bonds. The van der Waals surface area contributed by atoms with Gasteiger partial charge in [-0.2, -0.15) is 0 Å². The van der Waals surface area contributed by atoms with Gasteiger partial charge in [0.05, 0.1) is 0 Å². The van der Waals surface area contributed by atoms with Gasteiger partial charge in [0, 0.05) is 19.2 Å². The molecule has 2 aromatic heterocycles. The number of pyridine rings is 1. The Hall–Kier alpha value is -1.31. The summed E-state index contributed by atoms with van der Waals surface area (Å²) >= 11 is 0. The number of H-pyrrole nitrogens is 1. The van der Waals surface area contributed by atoms with Crippen molar-refractivity contribution in [1.82, 2.24) is 9.97 Å². The molecule has 0 saturated heterocycles. The molecule has 0 spiro atoms. The van der Waals surface area contributed by atoms with E-state index in [4.69, 9.17) is 0 Å². The highest BCUT2D eigenvalue weighted by Gasteiger charge is 1.95. The first-order valence-corrected chi connectivity index (χ1v) is 3.26. The Morgan fingerprint density at radius 3 is 3.30 bits per heavy atom. The van der Waals surface area contributed by atoms with Crippen molar-refractivity contribution in [1.29, 1.82) is 0 Å². The molecule has 0 radical (unpaired) electrons. The maximum Gasteiger partial charge on any atom is 0.137 e. The van der Waals surface area contributed by atoms with Crippen LogP contribution in [0, 0.1) is 6.92 Å². The van der Waals surface area contributed by atoms with Gasteiger partial charge in [0.2, 0.25) is 0 Å². The minimum Gasteiger partial charge on any atom is -0.346 e. The van der Waals surface area contributed by atoms with E-state index < -0.39 is 0 Å². The van der Waals surface area contributed by atoms with Gasteiger partial charge in [-0.1, -0.05) is 0 Å². The molecule has 0 bridgehead atoms. The summed E-state index contributed by atoms with van der Waals surface area (Å²) in [5.41, 5.74) is 2.23. The Labute approximate surface area is 60.4 Å². The summed E-state index contributed by atoms with van der Waals surface area (Å²) in [5, 5.41) is 1.21. The molecule has 0 unspecified atom stereocenters. The van der Waals surface area contributed by atoms with E-state index in [1.165, 1.54) is 10.9 Å². The highest BCUT2D eigenvalue weighted by atomic mass is 14.8. The third-order valence-corrected chi connectivity index (χ3v) is 1.66. The minimum absolute atomic E-state index is 0. The van der Waals surface area contributed by atoms with Gasteiger partial charge >= 0.3 is 0 Å². The number of nitrogens with zero attached hydrogens (tertiary/aromatic N) is 1. The Morgan fingerprint density at radius 1 is 1.60 bits per heavy atom. The average Bonchev–Trinajstić information content (AvgIpc) is 2.34. The van der Waals surface area contributed by atoms with Crippen LogP contribution in [-0.4, -0.2) is 9.97 Å². The fourth-order valence-corrected chi connectivity index (χ4v) is 1.09. The molecule has 0 saturated carbocycles. The predicted octanol–water partition coefficient (Wildman–Crippen LogP) is 2.12. The van der Waals surface area contributed by atoms with Crippen LogP contribution in [0.25, 0.3) is 11.0 Å².